The minimum Gasteiger partial charge on any atom is -0.443 e. The maximum atomic E-state index is 12.3. The molecule has 0 saturated carbocycles. The van der Waals surface area contributed by atoms with E-state index in [1.807, 2.05) is 30.3 Å². The molecule has 2 atom stereocenters. The predicted molar refractivity (Wildman–Crippen MR) is 83.0 cm³/mol. The molecule has 1 heterocycles. The van der Waals surface area contributed by atoms with Crippen LogP contribution in [0.2, 0.25) is 0 Å². The van der Waals surface area contributed by atoms with Gasteiger partial charge in [0.25, 0.3) is 0 Å². The number of amides is 2. The fourth-order valence-corrected chi connectivity index (χ4v) is 2.57. The van der Waals surface area contributed by atoms with Crippen LogP contribution in [0.25, 0.3) is 0 Å². The highest BCUT2D eigenvalue weighted by Gasteiger charge is 2.46. The number of carbonyl (C=O) groups excluding carboxylic acids is 2. The van der Waals surface area contributed by atoms with Gasteiger partial charge < -0.3 is 9.47 Å². The van der Waals surface area contributed by atoms with Gasteiger partial charge in [0.1, 0.15) is 11.7 Å². The van der Waals surface area contributed by atoms with Crippen LogP contribution in [0.15, 0.2) is 30.3 Å². The first-order valence-electron chi connectivity index (χ1n) is 7.14. The van der Waals surface area contributed by atoms with Crippen LogP contribution < -0.4 is 0 Å². The van der Waals surface area contributed by atoms with Gasteiger partial charge in [-0.1, -0.05) is 30.3 Å². The van der Waals surface area contributed by atoms with E-state index in [4.69, 9.17) is 21.1 Å². The smallest absolute Gasteiger partial charge is 0.420 e. The minimum absolute atomic E-state index is 0.128. The topological polar surface area (TPSA) is 55.8 Å². The summed E-state index contributed by atoms with van der Waals surface area (Å²) in [5.74, 6) is 0.128. The second-order valence-electron chi connectivity index (χ2n) is 6.18. The SMILES string of the molecule is CC(C)(C)OC(=O)N1C(=O)OC(CCl)C1Cc1ccccc1. The average Bonchev–Trinajstić information content (AvgIpc) is 2.74. The fourth-order valence-electron chi connectivity index (χ4n) is 2.30. The van der Waals surface area contributed by atoms with Crippen LogP contribution in [0.4, 0.5) is 9.59 Å². The maximum absolute atomic E-state index is 12.3. The molecule has 1 fully saturated rings. The number of ether oxygens (including phenoxy) is 2. The zero-order chi connectivity index (χ0) is 16.3. The van der Waals surface area contributed by atoms with Gasteiger partial charge in [-0.25, -0.2) is 14.5 Å². The number of cyclic esters (lactones) is 1. The van der Waals surface area contributed by atoms with Crippen LogP contribution in [0.1, 0.15) is 26.3 Å². The zero-order valence-corrected chi connectivity index (χ0v) is 13.7. The first-order valence-corrected chi connectivity index (χ1v) is 7.68. The van der Waals surface area contributed by atoms with Gasteiger partial charge in [0.2, 0.25) is 0 Å². The van der Waals surface area contributed by atoms with Crippen molar-refractivity contribution in [3.63, 3.8) is 0 Å². The van der Waals surface area contributed by atoms with Gasteiger partial charge in [-0.2, -0.15) is 0 Å². The Morgan fingerprint density at radius 1 is 1.32 bits per heavy atom. The van der Waals surface area contributed by atoms with Crippen molar-refractivity contribution in [2.75, 3.05) is 5.88 Å². The van der Waals surface area contributed by atoms with E-state index in [9.17, 15) is 9.59 Å². The molecule has 6 heteroatoms. The molecule has 2 rings (SSSR count). The standard InChI is InChI=1S/C16H20ClNO4/c1-16(2,3)22-15(20)18-12(13(10-17)21-14(18)19)9-11-7-5-4-6-8-11/h4-8,12-13H,9-10H2,1-3H3. The molecule has 22 heavy (non-hydrogen) atoms. The summed E-state index contributed by atoms with van der Waals surface area (Å²) in [5, 5.41) is 0. The van der Waals surface area contributed by atoms with Gasteiger partial charge in [-0.15, -0.1) is 11.6 Å². The second-order valence-corrected chi connectivity index (χ2v) is 6.49. The van der Waals surface area contributed by atoms with Crippen molar-refractivity contribution in [2.45, 2.75) is 44.9 Å². The number of alkyl halides is 1. The monoisotopic (exact) mass is 325 g/mol. The summed E-state index contributed by atoms with van der Waals surface area (Å²) in [4.78, 5) is 25.3. The third-order valence-electron chi connectivity index (χ3n) is 3.24. The molecule has 0 radical (unpaired) electrons. The number of halogens is 1. The number of hydrogen-bond donors (Lipinski definition) is 0. The molecule has 0 N–H and O–H groups in total. The molecule has 0 aromatic heterocycles. The summed E-state index contributed by atoms with van der Waals surface area (Å²) < 4.78 is 10.5. The van der Waals surface area contributed by atoms with Crippen LogP contribution in [-0.4, -0.2) is 40.7 Å². The lowest BCUT2D eigenvalue weighted by Crippen LogP contribution is -2.45. The number of imide groups is 1. The quantitative estimate of drug-likeness (QED) is 0.797. The van der Waals surface area contributed by atoms with E-state index in [0.717, 1.165) is 10.5 Å². The number of rotatable bonds is 3. The summed E-state index contributed by atoms with van der Waals surface area (Å²) in [6.07, 6.45) is -1.47. The molecule has 0 bridgehead atoms. The van der Waals surface area contributed by atoms with Gasteiger partial charge in [-0.05, 0) is 32.8 Å². The summed E-state index contributed by atoms with van der Waals surface area (Å²) >= 11 is 5.88. The molecule has 5 nitrogen and oxygen atoms in total. The van der Waals surface area contributed by atoms with Crippen molar-refractivity contribution in [3.05, 3.63) is 35.9 Å². The predicted octanol–water partition coefficient (Wildman–Crippen LogP) is 3.59. The van der Waals surface area contributed by atoms with E-state index in [-0.39, 0.29) is 5.88 Å². The molecule has 1 aromatic rings. The third kappa shape index (κ3) is 3.91. The average molecular weight is 326 g/mol. The van der Waals surface area contributed by atoms with Crippen molar-refractivity contribution in [1.82, 2.24) is 4.90 Å². The van der Waals surface area contributed by atoms with Crippen LogP contribution in [0, 0.1) is 0 Å². The minimum atomic E-state index is -0.708. The molecule has 120 valence electrons. The highest BCUT2D eigenvalue weighted by molar-refractivity contribution is 6.18. The van der Waals surface area contributed by atoms with E-state index in [0.29, 0.717) is 6.42 Å². The van der Waals surface area contributed by atoms with Crippen LogP contribution >= 0.6 is 11.6 Å². The van der Waals surface area contributed by atoms with Gasteiger partial charge in [-0.3, -0.25) is 0 Å². The molecule has 1 aromatic carbocycles. The van der Waals surface area contributed by atoms with Crippen molar-refractivity contribution in [2.24, 2.45) is 0 Å². The van der Waals surface area contributed by atoms with Gasteiger partial charge in [0, 0.05) is 0 Å². The Morgan fingerprint density at radius 3 is 2.50 bits per heavy atom. The summed E-state index contributed by atoms with van der Waals surface area (Å²) in [5.41, 5.74) is 0.308. The Labute approximate surface area is 135 Å². The van der Waals surface area contributed by atoms with E-state index in [1.165, 1.54) is 0 Å². The lowest BCUT2D eigenvalue weighted by atomic mass is 10.0. The van der Waals surface area contributed by atoms with Crippen molar-refractivity contribution in [3.8, 4) is 0 Å². The van der Waals surface area contributed by atoms with Gasteiger partial charge in [0.05, 0.1) is 11.9 Å². The third-order valence-corrected chi connectivity index (χ3v) is 3.54. The summed E-state index contributed by atoms with van der Waals surface area (Å²) in [7, 11) is 0. The first-order chi connectivity index (χ1) is 10.3. The Kier molecular flexibility index (Phi) is 4.96. The Bertz CT molecular complexity index is 541. The van der Waals surface area contributed by atoms with Crippen molar-refractivity contribution >= 4 is 23.8 Å². The molecule has 0 spiro atoms. The largest absolute Gasteiger partial charge is 0.443 e. The second kappa shape index (κ2) is 6.57. The molecular weight excluding hydrogens is 306 g/mol. The Morgan fingerprint density at radius 2 is 1.95 bits per heavy atom. The fraction of sp³-hybridized carbons (Fsp3) is 0.500. The summed E-state index contributed by atoms with van der Waals surface area (Å²) in [6.45, 7) is 5.24. The van der Waals surface area contributed by atoms with E-state index < -0.39 is 29.9 Å². The number of benzene rings is 1. The van der Waals surface area contributed by atoms with Crippen molar-refractivity contribution < 1.29 is 19.1 Å². The lowest BCUT2D eigenvalue weighted by molar-refractivity contribution is 0.0288. The molecular formula is C16H20ClNO4. The molecule has 1 saturated heterocycles. The first kappa shape index (κ1) is 16.6. The lowest BCUT2D eigenvalue weighted by Gasteiger charge is -2.26. The van der Waals surface area contributed by atoms with E-state index in [1.54, 1.807) is 20.8 Å². The normalized spacial score (nSPS) is 21.6. The molecule has 1 aliphatic heterocycles. The molecule has 2 unspecified atom stereocenters. The van der Waals surface area contributed by atoms with Crippen LogP contribution in [-0.2, 0) is 15.9 Å². The van der Waals surface area contributed by atoms with Gasteiger partial charge in [0.15, 0.2) is 0 Å². The highest BCUT2D eigenvalue weighted by Crippen LogP contribution is 2.26. The van der Waals surface area contributed by atoms with Crippen LogP contribution in [0.3, 0.4) is 0 Å². The molecule has 2 amide bonds. The van der Waals surface area contributed by atoms with Crippen LogP contribution in [0.5, 0.6) is 0 Å². The Hall–Kier alpha value is -1.75. The number of hydrogen-bond acceptors (Lipinski definition) is 4. The van der Waals surface area contributed by atoms with Crippen molar-refractivity contribution in [1.29, 1.82) is 0 Å². The molecule has 0 aliphatic carbocycles. The molecule has 1 aliphatic rings. The maximum Gasteiger partial charge on any atom is 0.420 e. The van der Waals surface area contributed by atoms with E-state index in [2.05, 4.69) is 0 Å². The number of nitrogens with zero attached hydrogens (tertiary/aromatic N) is 1. The highest BCUT2D eigenvalue weighted by atomic mass is 35.5. The van der Waals surface area contributed by atoms with Gasteiger partial charge >= 0.3 is 12.2 Å². The number of carbonyl (C=O) groups is 2. The zero-order valence-electron chi connectivity index (χ0n) is 12.9. The van der Waals surface area contributed by atoms with E-state index >= 15 is 0 Å². The Balaban J connectivity index is 2.21. The summed E-state index contributed by atoms with van der Waals surface area (Å²) in [6, 6.07) is 9.11.